The number of aryl methyl sites for hydroxylation is 1. The first-order chi connectivity index (χ1) is 7.86. The molecule has 0 saturated carbocycles. The van der Waals surface area contributed by atoms with Crippen molar-refractivity contribution in [2.24, 2.45) is 0 Å². The van der Waals surface area contributed by atoms with E-state index >= 15 is 0 Å². The molecule has 0 bridgehead atoms. The van der Waals surface area contributed by atoms with E-state index in [4.69, 9.17) is 0 Å². The van der Waals surface area contributed by atoms with Crippen LogP contribution in [0.4, 0.5) is 0 Å². The van der Waals surface area contributed by atoms with Gasteiger partial charge in [0.2, 0.25) is 0 Å². The van der Waals surface area contributed by atoms with Gasteiger partial charge in [-0.25, -0.2) is 0 Å². The highest BCUT2D eigenvalue weighted by Crippen LogP contribution is 2.18. The topological polar surface area (TPSA) is 25.2 Å². The van der Waals surface area contributed by atoms with E-state index in [2.05, 4.69) is 29.7 Å². The van der Waals surface area contributed by atoms with E-state index in [0.29, 0.717) is 0 Å². The summed E-state index contributed by atoms with van der Waals surface area (Å²) in [6, 6.07) is 12.2. The molecule has 0 aliphatic heterocycles. The van der Waals surface area contributed by atoms with Gasteiger partial charge in [0.15, 0.2) is 0 Å². The number of aliphatic hydroxyl groups is 1. The van der Waals surface area contributed by atoms with Crippen LogP contribution in [0, 0.1) is 0 Å². The molecule has 1 heterocycles. The fourth-order valence-electron chi connectivity index (χ4n) is 2.01. The second-order valence-electron chi connectivity index (χ2n) is 3.90. The predicted octanol–water partition coefficient (Wildman–Crippen LogP) is 2.92. The SMILES string of the molecule is CCCc1ccn(-c2ccccc2)c1CO. The highest BCUT2D eigenvalue weighted by molar-refractivity contribution is 5.37. The van der Waals surface area contributed by atoms with Gasteiger partial charge in [-0.3, -0.25) is 0 Å². The summed E-state index contributed by atoms with van der Waals surface area (Å²) in [7, 11) is 0. The quantitative estimate of drug-likeness (QED) is 0.833. The largest absolute Gasteiger partial charge is 0.390 e. The molecule has 16 heavy (non-hydrogen) atoms. The lowest BCUT2D eigenvalue weighted by Gasteiger charge is -2.08. The van der Waals surface area contributed by atoms with Gasteiger partial charge in [-0.1, -0.05) is 31.5 Å². The van der Waals surface area contributed by atoms with E-state index in [1.807, 2.05) is 24.4 Å². The molecule has 2 aromatic rings. The molecule has 0 aliphatic carbocycles. The zero-order valence-electron chi connectivity index (χ0n) is 9.56. The number of para-hydroxylation sites is 1. The molecule has 0 spiro atoms. The van der Waals surface area contributed by atoms with Crippen LogP contribution in [0.5, 0.6) is 0 Å². The third-order valence-corrected chi connectivity index (χ3v) is 2.79. The highest BCUT2D eigenvalue weighted by atomic mass is 16.3. The standard InChI is InChI=1S/C14H17NO/c1-2-6-12-9-10-15(14(12)11-16)13-7-4-3-5-8-13/h3-5,7-10,16H,2,6,11H2,1H3. The van der Waals surface area contributed by atoms with Crippen LogP contribution < -0.4 is 0 Å². The molecule has 0 unspecified atom stereocenters. The zero-order valence-corrected chi connectivity index (χ0v) is 9.56. The fourth-order valence-corrected chi connectivity index (χ4v) is 2.01. The molecule has 1 N–H and O–H groups in total. The van der Waals surface area contributed by atoms with E-state index in [1.165, 1.54) is 5.56 Å². The van der Waals surface area contributed by atoms with Gasteiger partial charge in [0.25, 0.3) is 0 Å². The Balaban J connectivity index is 2.42. The average molecular weight is 215 g/mol. The van der Waals surface area contributed by atoms with Crippen molar-refractivity contribution in [3.63, 3.8) is 0 Å². The molecule has 2 nitrogen and oxygen atoms in total. The Morgan fingerprint density at radius 2 is 1.88 bits per heavy atom. The normalized spacial score (nSPS) is 10.6. The Bertz CT molecular complexity index is 445. The summed E-state index contributed by atoms with van der Waals surface area (Å²) < 4.78 is 2.06. The minimum atomic E-state index is 0.0945. The minimum absolute atomic E-state index is 0.0945. The Kier molecular flexibility index (Phi) is 3.42. The van der Waals surface area contributed by atoms with Crippen molar-refractivity contribution in [3.05, 3.63) is 53.9 Å². The van der Waals surface area contributed by atoms with E-state index < -0.39 is 0 Å². The molecule has 84 valence electrons. The van der Waals surface area contributed by atoms with Crippen molar-refractivity contribution in [3.8, 4) is 5.69 Å². The lowest BCUT2D eigenvalue weighted by atomic mass is 10.1. The Labute approximate surface area is 96.2 Å². The monoisotopic (exact) mass is 215 g/mol. The molecule has 0 aliphatic rings. The molecule has 2 heteroatoms. The van der Waals surface area contributed by atoms with E-state index in [9.17, 15) is 5.11 Å². The molecule has 0 atom stereocenters. The lowest BCUT2D eigenvalue weighted by Crippen LogP contribution is -2.01. The zero-order chi connectivity index (χ0) is 11.4. The van der Waals surface area contributed by atoms with Crippen molar-refractivity contribution in [2.45, 2.75) is 26.4 Å². The molecule has 2 rings (SSSR count). The molecule has 1 aromatic carbocycles. The molecule has 0 saturated heterocycles. The van der Waals surface area contributed by atoms with E-state index in [1.54, 1.807) is 0 Å². The first kappa shape index (κ1) is 11.0. The molecule has 0 amide bonds. The number of aliphatic hydroxyl groups excluding tert-OH is 1. The maximum Gasteiger partial charge on any atom is 0.0839 e. The van der Waals surface area contributed by atoms with Gasteiger partial charge in [-0.15, -0.1) is 0 Å². The highest BCUT2D eigenvalue weighted by Gasteiger charge is 2.08. The Morgan fingerprint density at radius 3 is 2.50 bits per heavy atom. The van der Waals surface area contributed by atoms with E-state index in [0.717, 1.165) is 24.2 Å². The maximum absolute atomic E-state index is 9.46. The first-order valence-electron chi connectivity index (χ1n) is 5.72. The van der Waals surface area contributed by atoms with Crippen LogP contribution >= 0.6 is 0 Å². The average Bonchev–Trinajstić information content (AvgIpc) is 2.73. The van der Waals surface area contributed by atoms with Crippen molar-refractivity contribution in [1.29, 1.82) is 0 Å². The molecular formula is C14H17NO. The van der Waals surface area contributed by atoms with Crippen LogP contribution in [-0.2, 0) is 13.0 Å². The van der Waals surface area contributed by atoms with Crippen LogP contribution in [0.2, 0.25) is 0 Å². The Morgan fingerprint density at radius 1 is 1.12 bits per heavy atom. The molecular weight excluding hydrogens is 198 g/mol. The van der Waals surface area contributed by atoms with Crippen LogP contribution in [0.25, 0.3) is 5.69 Å². The van der Waals surface area contributed by atoms with Gasteiger partial charge in [0, 0.05) is 11.9 Å². The summed E-state index contributed by atoms with van der Waals surface area (Å²) in [4.78, 5) is 0. The summed E-state index contributed by atoms with van der Waals surface area (Å²) >= 11 is 0. The van der Waals surface area contributed by atoms with Crippen LogP contribution in [0.15, 0.2) is 42.6 Å². The van der Waals surface area contributed by atoms with Gasteiger partial charge in [-0.2, -0.15) is 0 Å². The van der Waals surface area contributed by atoms with Gasteiger partial charge >= 0.3 is 0 Å². The molecule has 1 aromatic heterocycles. The number of benzene rings is 1. The third-order valence-electron chi connectivity index (χ3n) is 2.79. The van der Waals surface area contributed by atoms with Gasteiger partial charge < -0.3 is 9.67 Å². The van der Waals surface area contributed by atoms with Gasteiger partial charge in [0.05, 0.1) is 12.3 Å². The third kappa shape index (κ3) is 2.02. The van der Waals surface area contributed by atoms with Crippen molar-refractivity contribution < 1.29 is 5.11 Å². The summed E-state index contributed by atoms with van der Waals surface area (Å²) in [5, 5.41) is 9.46. The smallest absolute Gasteiger partial charge is 0.0839 e. The molecule has 0 fully saturated rings. The molecule has 0 radical (unpaired) electrons. The summed E-state index contributed by atoms with van der Waals surface area (Å²) in [6.45, 7) is 2.25. The second kappa shape index (κ2) is 4.99. The van der Waals surface area contributed by atoms with Crippen molar-refractivity contribution >= 4 is 0 Å². The Hall–Kier alpha value is -1.54. The van der Waals surface area contributed by atoms with Crippen LogP contribution in [-0.4, -0.2) is 9.67 Å². The summed E-state index contributed by atoms with van der Waals surface area (Å²) in [5.74, 6) is 0. The van der Waals surface area contributed by atoms with Crippen LogP contribution in [0.3, 0.4) is 0 Å². The number of rotatable bonds is 4. The lowest BCUT2D eigenvalue weighted by molar-refractivity contribution is 0.273. The number of nitrogens with zero attached hydrogens (tertiary/aromatic N) is 1. The second-order valence-corrected chi connectivity index (χ2v) is 3.90. The number of hydrogen-bond acceptors (Lipinski definition) is 1. The van der Waals surface area contributed by atoms with E-state index in [-0.39, 0.29) is 6.61 Å². The van der Waals surface area contributed by atoms with Gasteiger partial charge in [-0.05, 0) is 30.2 Å². The van der Waals surface area contributed by atoms with Crippen molar-refractivity contribution in [2.75, 3.05) is 0 Å². The van der Waals surface area contributed by atoms with Crippen molar-refractivity contribution in [1.82, 2.24) is 4.57 Å². The predicted molar refractivity (Wildman–Crippen MR) is 65.7 cm³/mol. The van der Waals surface area contributed by atoms with Gasteiger partial charge in [0.1, 0.15) is 0 Å². The number of hydrogen-bond donors (Lipinski definition) is 1. The first-order valence-corrected chi connectivity index (χ1v) is 5.72. The minimum Gasteiger partial charge on any atom is -0.390 e. The fraction of sp³-hybridized carbons (Fsp3) is 0.286. The summed E-state index contributed by atoms with van der Waals surface area (Å²) in [6.07, 6.45) is 4.16. The van der Waals surface area contributed by atoms with Crippen LogP contribution in [0.1, 0.15) is 24.6 Å². The number of aromatic nitrogens is 1. The summed E-state index contributed by atoms with van der Waals surface area (Å²) in [5.41, 5.74) is 3.36. The maximum atomic E-state index is 9.46.